The van der Waals surface area contributed by atoms with Crippen LogP contribution in [-0.2, 0) is 6.61 Å². The predicted molar refractivity (Wildman–Crippen MR) is 49.2 cm³/mol. The molecule has 1 aromatic rings. The van der Waals surface area contributed by atoms with Gasteiger partial charge in [0, 0.05) is 15.7 Å². The van der Waals surface area contributed by atoms with Gasteiger partial charge in [0.1, 0.15) is 0 Å². The van der Waals surface area contributed by atoms with Crippen LogP contribution in [0.3, 0.4) is 0 Å². The third-order valence-corrected chi connectivity index (χ3v) is 2.73. The van der Waals surface area contributed by atoms with Crippen LogP contribution < -0.4 is 5.73 Å². The number of hydrogen-bond acceptors (Lipinski definition) is 2. The fourth-order valence-electron chi connectivity index (χ4n) is 0.914. The Bertz CT molecular complexity index is 273. The smallest absolute Gasteiger partial charge is 0.0713 e. The van der Waals surface area contributed by atoms with Gasteiger partial charge in [-0.15, -0.1) is 0 Å². The van der Waals surface area contributed by atoms with Crippen LogP contribution in [0.5, 0.6) is 0 Å². The highest BCUT2D eigenvalue weighted by Gasteiger charge is 2.04. The van der Waals surface area contributed by atoms with Crippen LogP contribution in [0.1, 0.15) is 11.1 Å². The molecule has 3 N–H and O–H groups in total. The molecule has 0 saturated heterocycles. The second-order valence-corrected chi connectivity index (χ2v) is 3.22. The van der Waals surface area contributed by atoms with Crippen molar-refractivity contribution in [3.05, 3.63) is 27.7 Å². The summed E-state index contributed by atoms with van der Waals surface area (Å²) in [5.74, 6) is 0. The summed E-state index contributed by atoms with van der Waals surface area (Å²) in [5, 5.41) is 8.91. The standard InChI is InChI=1S/C8H10BrNO/c1-5-2-3-7(10)6(4-11)8(5)9/h2-3,11H,4,10H2,1H3. The van der Waals surface area contributed by atoms with Gasteiger partial charge in [-0.05, 0) is 18.6 Å². The number of rotatable bonds is 1. The fourth-order valence-corrected chi connectivity index (χ4v) is 1.40. The second-order valence-electron chi connectivity index (χ2n) is 2.42. The molecular formula is C8H10BrNO. The van der Waals surface area contributed by atoms with Crippen LogP contribution in [0.4, 0.5) is 5.69 Å². The number of aliphatic hydroxyl groups excluding tert-OH is 1. The molecule has 1 rings (SSSR count). The van der Waals surface area contributed by atoms with E-state index in [0.717, 1.165) is 15.6 Å². The Labute approximate surface area is 74.2 Å². The van der Waals surface area contributed by atoms with Crippen molar-refractivity contribution in [1.82, 2.24) is 0 Å². The van der Waals surface area contributed by atoms with E-state index in [1.54, 1.807) is 6.07 Å². The number of anilines is 1. The molecule has 1 aromatic carbocycles. The van der Waals surface area contributed by atoms with Crippen molar-refractivity contribution in [1.29, 1.82) is 0 Å². The molecule has 0 bridgehead atoms. The molecular weight excluding hydrogens is 206 g/mol. The van der Waals surface area contributed by atoms with Crippen molar-refractivity contribution in [3.8, 4) is 0 Å². The Balaban J connectivity index is 3.29. The van der Waals surface area contributed by atoms with Crippen molar-refractivity contribution in [2.24, 2.45) is 0 Å². The summed E-state index contributed by atoms with van der Waals surface area (Å²) in [6.07, 6.45) is 0. The van der Waals surface area contributed by atoms with Crippen molar-refractivity contribution >= 4 is 21.6 Å². The molecule has 0 amide bonds. The van der Waals surface area contributed by atoms with Crippen molar-refractivity contribution in [2.45, 2.75) is 13.5 Å². The molecule has 2 nitrogen and oxygen atoms in total. The van der Waals surface area contributed by atoms with Gasteiger partial charge < -0.3 is 10.8 Å². The molecule has 0 heterocycles. The number of benzene rings is 1. The molecule has 0 spiro atoms. The van der Waals surface area contributed by atoms with E-state index in [1.807, 2.05) is 13.0 Å². The summed E-state index contributed by atoms with van der Waals surface area (Å²) < 4.78 is 0.903. The van der Waals surface area contributed by atoms with E-state index in [4.69, 9.17) is 10.8 Å². The van der Waals surface area contributed by atoms with E-state index in [1.165, 1.54) is 0 Å². The molecule has 11 heavy (non-hydrogen) atoms. The molecule has 0 fully saturated rings. The zero-order chi connectivity index (χ0) is 8.43. The molecule has 3 heteroatoms. The zero-order valence-corrected chi connectivity index (χ0v) is 7.85. The average Bonchev–Trinajstić information content (AvgIpc) is 1.99. The monoisotopic (exact) mass is 215 g/mol. The summed E-state index contributed by atoms with van der Waals surface area (Å²) >= 11 is 3.35. The Hall–Kier alpha value is -0.540. The van der Waals surface area contributed by atoms with Crippen molar-refractivity contribution < 1.29 is 5.11 Å². The van der Waals surface area contributed by atoms with Crippen LogP contribution in [0.15, 0.2) is 16.6 Å². The summed E-state index contributed by atoms with van der Waals surface area (Å²) in [6.45, 7) is 1.94. The normalized spacial score (nSPS) is 10.1. The topological polar surface area (TPSA) is 46.2 Å². The lowest BCUT2D eigenvalue weighted by atomic mass is 10.1. The van der Waals surface area contributed by atoms with Crippen LogP contribution in [0.25, 0.3) is 0 Å². The lowest BCUT2D eigenvalue weighted by Crippen LogP contribution is -1.96. The highest BCUT2D eigenvalue weighted by atomic mass is 79.9. The van der Waals surface area contributed by atoms with Gasteiger partial charge in [0.25, 0.3) is 0 Å². The summed E-state index contributed by atoms with van der Waals surface area (Å²) in [6, 6.07) is 3.71. The van der Waals surface area contributed by atoms with Crippen molar-refractivity contribution in [2.75, 3.05) is 5.73 Å². The molecule has 0 aliphatic carbocycles. The van der Waals surface area contributed by atoms with Gasteiger partial charge in [0.2, 0.25) is 0 Å². The highest BCUT2D eigenvalue weighted by Crippen LogP contribution is 2.25. The van der Waals surface area contributed by atoms with Crippen LogP contribution in [0, 0.1) is 6.92 Å². The molecule has 0 aliphatic heterocycles. The first-order valence-corrected chi connectivity index (χ1v) is 4.10. The zero-order valence-electron chi connectivity index (χ0n) is 6.26. The maximum absolute atomic E-state index is 8.91. The number of hydrogen-bond donors (Lipinski definition) is 2. The quantitative estimate of drug-likeness (QED) is 0.703. The fraction of sp³-hybridized carbons (Fsp3) is 0.250. The SMILES string of the molecule is Cc1ccc(N)c(CO)c1Br. The van der Waals surface area contributed by atoms with E-state index in [0.29, 0.717) is 5.69 Å². The van der Waals surface area contributed by atoms with Gasteiger partial charge in [0.15, 0.2) is 0 Å². The summed E-state index contributed by atoms with van der Waals surface area (Å²) in [7, 11) is 0. The Morgan fingerprint density at radius 1 is 1.55 bits per heavy atom. The minimum Gasteiger partial charge on any atom is -0.398 e. The number of aliphatic hydroxyl groups is 1. The molecule has 0 atom stereocenters. The maximum Gasteiger partial charge on any atom is 0.0713 e. The molecule has 0 unspecified atom stereocenters. The minimum atomic E-state index is -0.0197. The average molecular weight is 216 g/mol. The minimum absolute atomic E-state index is 0.0197. The molecule has 0 radical (unpaired) electrons. The van der Waals surface area contributed by atoms with Crippen LogP contribution >= 0.6 is 15.9 Å². The van der Waals surface area contributed by atoms with Gasteiger partial charge in [-0.2, -0.15) is 0 Å². The van der Waals surface area contributed by atoms with E-state index in [2.05, 4.69) is 15.9 Å². The third-order valence-electron chi connectivity index (χ3n) is 1.63. The summed E-state index contributed by atoms with van der Waals surface area (Å²) in [4.78, 5) is 0. The number of nitrogens with two attached hydrogens (primary N) is 1. The number of aryl methyl sites for hydroxylation is 1. The lowest BCUT2D eigenvalue weighted by Gasteiger charge is -2.06. The number of nitrogen functional groups attached to an aromatic ring is 1. The van der Waals surface area contributed by atoms with E-state index < -0.39 is 0 Å². The van der Waals surface area contributed by atoms with E-state index in [-0.39, 0.29) is 6.61 Å². The van der Waals surface area contributed by atoms with Gasteiger partial charge >= 0.3 is 0 Å². The second kappa shape index (κ2) is 3.24. The van der Waals surface area contributed by atoms with Gasteiger partial charge in [-0.1, -0.05) is 22.0 Å². The van der Waals surface area contributed by atoms with Crippen LogP contribution in [0.2, 0.25) is 0 Å². The van der Waals surface area contributed by atoms with Gasteiger partial charge in [-0.25, -0.2) is 0 Å². The first-order chi connectivity index (χ1) is 5.16. The molecule has 60 valence electrons. The first-order valence-electron chi connectivity index (χ1n) is 3.31. The Kier molecular flexibility index (Phi) is 2.52. The van der Waals surface area contributed by atoms with Crippen LogP contribution in [-0.4, -0.2) is 5.11 Å². The van der Waals surface area contributed by atoms with Crippen molar-refractivity contribution in [3.63, 3.8) is 0 Å². The summed E-state index contributed by atoms with van der Waals surface area (Å²) in [5.41, 5.74) is 8.10. The van der Waals surface area contributed by atoms with Gasteiger partial charge in [-0.3, -0.25) is 0 Å². The largest absolute Gasteiger partial charge is 0.398 e. The highest BCUT2D eigenvalue weighted by molar-refractivity contribution is 9.10. The van der Waals surface area contributed by atoms with Gasteiger partial charge in [0.05, 0.1) is 6.61 Å². The number of halogens is 1. The Morgan fingerprint density at radius 3 is 2.64 bits per heavy atom. The molecule has 0 aliphatic rings. The molecule has 0 aromatic heterocycles. The Morgan fingerprint density at radius 2 is 2.18 bits per heavy atom. The lowest BCUT2D eigenvalue weighted by molar-refractivity contribution is 0.281. The van der Waals surface area contributed by atoms with E-state index >= 15 is 0 Å². The predicted octanol–water partition coefficient (Wildman–Crippen LogP) is 1.83. The third kappa shape index (κ3) is 1.54. The molecule has 0 saturated carbocycles. The first kappa shape index (κ1) is 8.56. The van der Waals surface area contributed by atoms with E-state index in [9.17, 15) is 0 Å². The maximum atomic E-state index is 8.91.